The molecule has 92 valence electrons. The Kier molecular flexibility index (Phi) is 4.30. The second-order valence-corrected chi connectivity index (χ2v) is 5.05. The standard InChI is InChI=1S/C13H15Cl2NO/c14-9-12-3-1-2-8-16(12)13(17)10-4-6-11(15)7-5-10/h4-7,12H,1-3,8-9H2. The summed E-state index contributed by atoms with van der Waals surface area (Å²) in [4.78, 5) is 14.2. The van der Waals surface area contributed by atoms with Crippen LogP contribution in [0.4, 0.5) is 0 Å². The molecule has 0 saturated carbocycles. The van der Waals surface area contributed by atoms with Crippen molar-refractivity contribution in [3.05, 3.63) is 34.9 Å². The lowest BCUT2D eigenvalue weighted by atomic mass is 10.0. The van der Waals surface area contributed by atoms with E-state index >= 15 is 0 Å². The largest absolute Gasteiger partial charge is 0.334 e. The van der Waals surface area contributed by atoms with Gasteiger partial charge < -0.3 is 4.90 Å². The van der Waals surface area contributed by atoms with Crippen LogP contribution in [-0.4, -0.2) is 29.3 Å². The minimum Gasteiger partial charge on any atom is -0.334 e. The van der Waals surface area contributed by atoms with Crippen molar-refractivity contribution in [2.75, 3.05) is 12.4 Å². The van der Waals surface area contributed by atoms with Crippen LogP contribution in [0.2, 0.25) is 5.02 Å². The number of rotatable bonds is 2. The van der Waals surface area contributed by atoms with E-state index in [2.05, 4.69) is 0 Å². The molecule has 0 bridgehead atoms. The molecule has 1 atom stereocenters. The second kappa shape index (κ2) is 5.74. The number of likely N-dealkylation sites (tertiary alicyclic amines) is 1. The number of alkyl halides is 1. The molecule has 0 spiro atoms. The van der Waals surface area contributed by atoms with Crippen molar-refractivity contribution in [3.8, 4) is 0 Å². The molecule has 2 nitrogen and oxygen atoms in total. The Morgan fingerprint density at radius 3 is 2.65 bits per heavy atom. The van der Waals surface area contributed by atoms with Crippen LogP contribution in [-0.2, 0) is 0 Å². The number of halogens is 2. The summed E-state index contributed by atoms with van der Waals surface area (Å²) in [7, 11) is 0. The van der Waals surface area contributed by atoms with Gasteiger partial charge in [0.25, 0.3) is 5.91 Å². The van der Waals surface area contributed by atoms with Crippen LogP contribution in [0.1, 0.15) is 29.6 Å². The Morgan fingerprint density at radius 1 is 1.29 bits per heavy atom. The molecule has 4 heteroatoms. The van der Waals surface area contributed by atoms with Gasteiger partial charge in [-0.15, -0.1) is 11.6 Å². The van der Waals surface area contributed by atoms with Gasteiger partial charge in [0, 0.05) is 29.1 Å². The third-order valence-electron chi connectivity index (χ3n) is 3.16. The third kappa shape index (κ3) is 2.93. The van der Waals surface area contributed by atoms with Crippen molar-refractivity contribution in [3.63, 3.8) is 0 Å². The minimum absolute atomic E-state index is 0.0621. The van der Waals surface area contributed by atoms with Crippen LogP contribution >= 0.6 is 23.2 Å². The first-order chi connectivity index (χ1) is 8.22. The summed E-state index contributed by atoms with van der Waals surface area (Å²) in [6, 6.07) is 7.20. The number of benzene rings is 1. The van der Waals surface area contributed by atoms with Crippen molar-refractivity contribution >= 4 is 29.1 Å². The summed E-state index contributed by atoms with van der Waals surface area (Å²) in [5.41, 5.74) is 0.686. The number of carbonyl (C=O) groups is 1. The molecule has 1 aromatic carbocycles. The van der Waals surface area contributed by atoms with Gasteiger partial charge in [-0.25, -0.2) is 0 Å². The molecule has 0 N–H and O–H groups in total. The lowest BCUT2D eigenvalue weighted by Crippen LogP contribution is -2.44. The molecule has 1 heterocycles. The monoisotopic (exact) mass is 271 g/mol. The fraction of sp³-hybridized carbons (Fsp3) is 0.462. The first-order valence-corrected chi connectivity index (χ1v) is 6.76. The van der Waals surface area contributed by atoms with Crippen molar-refractivity contribution in [1.82, 2.24) is 4.90 Å². The lowest BCUT2D eigenvalue weighted by molar-refractivity contribution is 0.0639. The molecule has 1 unspecified atom stereocenters. The SMILES string of the molecule is O=C(c1ccc(Cl)cc1)N1CCCCC1CCl. The van der Waals surface area contributed by atoms with E-state index in [0.29, 0.717) is 16.5 Å². The maximum atomic E-state index is 12.3. The summed E-state index contributed by atoms with van der Waals surface area (Å²) < 4.78 is 0. The topological polar surface area (TPSA) is 20.3 Å². The van der Waals surface area contributed by atoms with Gasteiger partial charge in [-0.3, -0.25) is 4.79 Å². The van der Waals surface area contributed by atoms with Crippen molar-refractivity contribution in [2.45, 2.75) is 25.3 Å². The van der Waals surface area contributed by atoms with E-state index in [9.17, 15) is 4.79 Å². The molecule has 1 aliphatic rings. The first-order valence-electron chi connectivity index (χ1n) is 5.85. The van der Waals surface area contributed by atoms with Crippen LogP contribution in [0.5, 0.6) is 0 Å². The van der Waals surface area contributed by atoms with Gasteiger partial charge in [-0.1, -0.05) is 11.6 Å². The van der Waals surface area contributed by atoms with E-state index in [1.807, 2.05) is 4.90 Å². The molecular formula is C13H15Cl2NO. The molecular weight excluding hydrogens is 257 g/mol. The zero-order valence-corrected chi connectivity index (χ0v) is 11.0. The summed E-state index contributed by atoms with van der Waals surface area (Å²) in [5, 5.41) is 0.647. The normalized spacial score (nSPS) is 20.4. The van der Waals surface area contributed by atoms with Gasteiger partial charge in [-0.2, -0.15) is 0 Å². The average Bonchev–Trinajstić information content (AvgIpc) is 2.39. The van der Waals surface area contributed by atoms with Crippen LogP contribution in [0.25, 0.3) is 0 Å². The Hall–Kier alpha value is -0.730. The molecule has 17 heavy (non-hydrogen) atoms. The first kappa shape index (κ1) is 12.7. The van der Waals surface area contributed by atoms with E-state index in [1.165, 1.54) is 0 Å². The molecule has 1 aliphatic heterocycles. The molecule has 1 aromatic rings. The number of piperidine rings is 1. The Balaban J connectivity index is 2.15. The molecule has 1 fully saturated rings. The van der Waals surface area contributed by atoms with Crippen molar-refractivity contribution in [1.29, 1.82) is 0 Å². The highest BCUT2D eigenvalue weighted by Crippen LogP contribution is 2.21. The summed E-state index contributed by atoms with van der Waals surface area (Å²) >= 11 is 11.7. The summed E-state index contributed by atoms with van der Waals surface area (Å²) in [6.45, 7) is 0.804. The Labute approximate surface area is 112 Å². The highest BCUT2D eigenvalue weighted by Gasteiger charge is 2.26. The number of hydrogen-bond donors (Lipinski definition) is 0. The van der Waals surface area contributed by atoms with E-state index < -0.39 is 0 Å². The highest BCUT2D eigenvalue weighted by molar-refractivity contribution is 6.30. The van der Waals surface area contributed by atoms with Gasteiger partial charge in [0.15, 0.2) is 0 Å². The Bertz CT molecular complexity index is 391. The number of hydrogen-bond acceptors (Lipinski definition) is 1. The van der Waals surface area contributed by atoms with E-state index in [0.717, 1.165) is 25.8 Å². The minimum atomic E-state index is 0.0621. The van der Waals surface area contributed by atoms with E-state index in [4.69, 9.17) is 23.2 Å². The number of amides is 1. The summed E-state index contributed by atoms with van der Waals surface area (Å²) in [5.74, 6) is 0.575. The maximum absolute atomic E-state index is 12.3. The van der Waals surface area contributed by atoms with Gasteiger partial charge >= 0.3 is 0 Å². The Morgan fingerprint density at radius 2 is 2.00 bits per heavy atom. The predicted molar refractivity (Wildman–Crippen MR) is 70.8 cm³/mol. The zero-order chi connectivity index (χ0) is 12.3. The number of carbonyl (C=O) groups excluding carboxylic acids is 1. The number of nitrogens with zero attached hydrogens (tertiary/aromatic N) is 1. The lowest BCUT2D eigenvalue weighted by Gasteiger charge is -2.34. The van der Waals surface area contributed by atoms with Gasteiger partial charge in [-0.05, 0) is 43.5 Å². The van der Waals surface area contributed by atoms with Crippen LogP contribution in [0.3, 0.4) is 0 Å². The maximum Gasteiger partial charge on any atom is 0.254 e. The smallest absolute Gasteiger partial charge is 0.254 e. The van der Waals surface area contributed by atoms with Crippen molar-refractivity contribution in [2.24, 2.45) is 0 Å². The molecule has 0 aromatic heterocycles. The van der Waals surface area contributed by atoms with Crippen molar-refractivity contribution < 1.29 is 4.79 Å². The van der Waals surface area contributed by atoms with Gasteiger partial charge in [0.2, 0.25) is 0 Å². The van der Waals surface area contributed by atoms with Crippen LogP contribution in [0.15, 0.2) is 24.3 Å². The van der Waals surface area contributed by atoms with E-state index in [1.54, 1.807) is 24.3 Å². The third-order valence-corrected chi connectivity index (χ3v) is 3.77. The predicted octanol–water partition coefficient (Wildman–Crippen LogP) is 3.57. The second-order valence-electron chi connectivity index (χ2n) is 4.31. The summed E-state index contributed by atoms with van der Waals surface area (Å²) in [6.07, 6.45) is 3.22. The fourth-order valence-electron chi connectivity index (χ4n) is 2.19. The molecule has 0 aliphatic carbocycles. The van der Waals surface area contributed by atoms with Crippen LogP contribution in [0, 0.1) is 0 Å². The van der Waals surface area contributed by atoms with Crippen LogP contribution < -0.4 is 0 Å². The molecule has 1 amide bonds. The fourth-order valence-corrected chi connectivity index (χ4v) is 2.63. The molecule has 2 rings (SSSR count). The van der Waals surface area contributed by atoms with Gasteiger partial charge in [0.1, 0.15) is 0 Å². The molecule has 1 saturated heterocycles. The average molecular weight is 272 g/mol. The van der Waals surface area contributed by atoms with Gasteiger partial charge in [0.05, 0.1) is 0 Å². The molecule has 0 radical (unpaired) electrons. The van der Waals surface area contributed by atoms with E-state index in [-0.39, 0.29) is 11.9 Å². The zero-order valence-electron chi connectivity index (χ0n) is 9.53. The quantitative estimate of drug-likeness (QED) is 0.754. The highest BCUT2D eigenvalue weighted by atomic mass is 35.5.